The van der Waals surface area contributed by atoms with E-state index in [0.29, 0.717) is 6.42 Å². The van der Waals surface area contributed by atoms with Crippen molar-refractivity contribution in [1.29, 1.82) is 0 Å². The third-order valence-electron chi connectivity index (χ3n) is 3.18. The second-order valence-electron chi connectivity index (χ2n) is 3.76. The van der Waals surface area contributed by atoms with E-state index in [-0.39, 0.29) is 12.4 Å². The number of hydrogen-bond donors (Lipinski definition) is 2. The van der Waals surface area contributed by atoms with E-state index < -0.39 is 5.54 Å². The van der Waals surface area contributed by atoms with Gasteiger partial charge in [0.05, 0.1) is 12.1 Å². The second kappa shape index (κ2) is 3.33. The maximum Gasteiger partial charge on any atom is 0.126 e. The summed E-state index contributed by atoms with van der Waals surface area (Å²) in [4.78, 5) is 0. The zero-order valence-electron chi connectivity index (χ0n) is 8.18. The Morgan fingerprint density at radius 1 is 1.57 bits per heavy atom. The van der Waals surface area contributed by atoms with E-state index >= 15 is 0 Å². The number of fused-ring (bicyclic) bond motifs is 1. The molecule has 0 amide bonds. The maximum absolute atomic E-state index is 13.4. The van der Waals surface area contributed by atoms with Gasteiger partial charge in [0, 0.05) is 0 Å². The average molecular weight is 195 g/mol. The normalized spacial score (nSPS) is 25.1. The first-order chi connectivity index (χ1) is 6.73. The highest BCUT2D eigenvalue weighted by atomic mass is 19.1. The molecule has 0 bridgehead atoms. The van der Waals surface area contributed by atoms with Crippen molar-refractivity contribution in [2.24, 2.45) is 0 Å². The topological polar surface area (TPSA) is 32.3 Å². The lowest BCUT2D eigenvalue weighted by Crippen LogP contribution is -2.41. The van der Waals surface area contributed by atoms with Gasteiger partial charge in [-0.25, -0.2) is 4.39 Å². The molecule has 0 fully saturated rings. The third-order valence-corrected chi connectivity index (χ3v) is 3.18. The molecule has 14 heavy (non-hydrogen) atoms. The molecule has 1 unspecified atom stereocenters. The Morgan fingerprint density at radius 3 is 3.00 bits per heavy atom. The van der Waals surface area contributed by atoms with Gasteiger partial charge in [-0.1, -0.05) is 12.1 Å². The van der Waals surface area contributed by atoms with Crippen LogP contribution in [0.2, 0.25) is 0 Å². The quantitative estimate of drug-likeness (QED) is 0.742. The SMILES string of the molecule is CNC1(CO)CCc2c(F)cccc21. The fraction of sp³-hybridized carbons (Fsp3) is 0.455. The number of aliphatic hydroxyl groups excluding tert-OH is 1. The molecule has 1 aliphatic carbocycles. The van der Waals surface area contributed by atoms with E-state index in [1.165, 1.54) is 6.07 Å². The monoisotopic (exact) mass is 195 g/mol. The Balaban J connectivity index is 2.53. The molecule has 1 aromatic rings. The lowest BCUT2D eigenvalue weighted by atomic mass is 9.93. The number of benzene rings is 1. The molecule has 3 heteroatoms. The van der Waals surface area contributed by atoms with Crippen molar-refractivity contribution in [2.45, 2.75) is 18.4 Å². The standard InChI is InChI=1S/C11H14FNO/c1-13-11(7-14)6-5-8-9(11)3-2-4-10(8)12/h2-4,13-14H,5-7H2,1H3. The highest BCUT2D eigenvalue weighted by molar-refractivity contribution is 5.39. The first-order valence-corrected chi connectivity index (χ1v) is 4.81. The van der Waals surface area contributed by atoms with Crippen molar-refractivity contribution in [1.82, 2.24) is 5.32 Å². The van der Waals surface area contributed by atoms with Crippen LogP contribution in [0.4, 0.5) is 4.39 Å². The minimum atomic E-state index is -0.433. The van der Waals surface area contributed by atoms with E-state index in [1.807, 2.05) is 6.07 Å². The van der Waals surface area contributed by atoms with Crippen LogP contribution >= 0.6 is 0 Å². The summed E-state index contributed by atoms with van der Waals surface area (Å²) in [6.07, 6.45) is 1.46. The highest BCUT2D eigenvalue weighted by Crippen LogP contribution is 2.37. The largest absolute Gasteiger partial charge is 0.394 e. The van der Waals surface area contributed by atoms with Crippen LogP contribution in [0.5, 0.6) is 0 Å². The summed E-state index contributed by atoms with van der Waals surface area (Å²) in [6, 6.07) is 5.06. The smallest absolute Gasteiger partial charge is 0.126 e. The van der Waals surface area contributed by atoms with Crippen LogP contribution < -0.4 is 5.32 Å². The highest BCUT2D eigenvalue weighted by Gasteiger charge is 2.37. The van der Waals surface area contributed by atoms with Crippen LogP contribution in [-0.4, -0.2) is 18.8 Å². The van der Waals surface area contributed by atoms with Gasteiger partial charge in [-0.15, -0.1) is 0 Å². The lowest BCUT2D eigenvalue weighted by molar-refractivity contribution is 0.169. The van der Waals surface area contributed by atoms with Gasteiger partial charge in [-0.05, 0) is 37.1 Å². The predicted molar refractivity (Wildman–Crippen MR) is 52.5 cm³/mol. The van der Waals surface area contributed by atoms with Crippen LogP contribution in [-0.2, 0) is 12.0 Å². The lowest BCUT2D eigenvalue weighted by Gasteiger charge is -2.27. The molecule has 0 aliphatic heterocycles. The summed E-state index contributed by atoms with van der Waals surface area (Å²) in [5.41, 5.74) is 1.22. The van der Waals surface area contributed by atoms with Crippen molar-refractivity contribution in [3.8, 4) is 0 Å². The van der Waals surface area contributed by atoms with Gasteiger partial charge in [0.15, 0.2) is 0 Å². The van der Waals surface area contributed by atoms with E-state index in [2.05, 4.69) is 5.32 Å². The van der Waals surface area contributed by atoms with Crippen LogP contribution in [0.25, 0.3) is 0 Å². The van der Waals surface area contributed by atoms with Crippen molar-refractivity contribution in [2.75, 3.05) is 13.7 Å². The zero-order chi connectivity index (χ0) is 10.2. The van der Waals surface area contributed by atoms with Gasteiger partial charge < -0.3 is 10.4 Å². The molecule has 0 aromatic heterocycles. The Bertz CT molecular complexity index is 347. The fourth-order valence-electron chi connectivity index (χ4n) is 2.24. The van der Waals surface area contributed by atoms with Crippen LogP contribution in [0.3, 0.4) is 0 Å². The molecule has 2 nitrogen and oxygen atoms in total. The molecular weight excluding hydrogens is 181 g/mol. The van der Waals surface area contributed by atoms with Gasteiger partial charge >= 0.3 is 0 Å². The van der Waals surface area contributed by atoms with Crippen LogP contribution in [0.15, 0.2) is 18.2 Å². The first-order valence-electron chi connectivity index (χ1n) is 4.81. The van der Waals surface area contributed by atoms with Crippen molar-refractivity contribution in [3.63, 3.8) is 0 Å². The Hall–Kier alpha value is -0.930. The number of nitrogens with one attached hydrogen (secondary N) is 1. The van der Waals surface area contributed by atoms with Gasteiger partial charge in [0.25, 0.3) is 0 Å². The molecule has 1 aliphatic rings. The molecule has 76 valence electrons. The summed E-state index contributed by atoms with van der Waals surface area (Å²) in [5.74, 6) is -0.159. The third kappa shape index (κ3) is 1.16. The zero-order valence-corrected chi connectivity index (χ0v) is 8.18. The number of halogens is 1. The van der Waals surface area contributed by atoms with E-state index in [0.717, 1.165) is 17.5 Å². The van der Waals surface area contributed by atoms with E-state index in [4.69, 9.17) is 0 Å². The number of likely N-dealkylation sites (N-methyl/N-ethyl adjacent to an activating group) is 1. The number of rotatable bonds is 2. The number of hydrogen-bond acceptors (Lipinski definition) is 2. The minimum Gasteiger partial charge on any atom is -0.394 e. The Kier molecular flexibility index (Phi) is 2.29. The van der Waals surface area contributed by atoms with Crippen molar-refractivity contribution < 1.29 is 9.50 Å². The van der Waals surface area contributed by atoms with Crippen molar-refractivity contribution in [3.05, 3.63) is 35.1 Å². The van der Waals surface area contributed by atoms with Gasteiger partial charge in [-0.3, -0.25) is 0 Å². The summed E-state index contributed by atoms with van der Waals surface area (Å²) in [7, 11) is 1.80. The molecule has 0 saturated carbocycles. The van der Waals surface area contributed by atoms with Crippen LogP contribution in [0.1, 0.15) is 17.5 Å². The van der Waals surface area contributed by atoms with Gasteiger partial charge in [0.1, 0.15) is 5.82 Å². The molecule has 2 N–H and O–H groups in total. The Labute approximate surface area is 82.8 Å². The Morgan fingerprint density at radius 2 is 2.36 bits per heavy atom. The summed E-state index contributed by atoms with van der Waals surface area (Å²) < 4.78 is 13.4. The molecule has 2 rings (SSSR count). The van der Waals surface area contributed by atoms with Crippen LogP contribution in [0, 0.1) is 5.82 Å². The molecule has 0 spiro atoms. The fourth-order valence-corrected chi connectivity index (χ4v) is 2.24. The number of aliphatic hydroxyl groups is 1. The average Bonchev–Trinajstić information content (AvgIpc) is 2.59. The maximum atomic E-state index is 13.4. The second-order valence-corrected chi connectivity index (χ2v) is 3.76. The van der Waals surface area contributed by atoms with E-state index in [9.17, 15) is 9.50 Å². The molecule has 0 saturated heterocycles. The summed E-state index contributed by atoms with van der Waals surface area (Å²) >= 11 is 0. The predicted octanol–water partition coefficient (Wildman–Crippen LogP) is 1.18. The first kappa shape index (κ1) is 9.62. The molecule has 1 aromatic carbocycles. The molecular formula is C11H14FNO. The summed E-state index contributed by atoms with van der Waals surface area (Å²) in [5, 5.41) is 12.5. The van der Waals surface area contributed by atoms with E-state index in [1.54, 1.807) is 13.1 Å². The van der Waals surface area contributed by atoms with Gasteiger partial charge in [-0.2, -0.15) is 0 Å². The van der Waals surface area contributed by atoms with Gasteiger partial charge in [0.2, 0.25) is 0 Å². The van der Waals surface area contributed by atoms with Crippen molar-refractivity contribution >= 4 is 0 Å². The summed E-state index contributed by atoms with van der Waals surface area (Å²) in [6.45, 7) is 0.0138. The molecule has 0 heterocycles. The minimum absolute atomic E-state index is 0.0138. The molecule has 0 radical (unpaired) electrons. The molecule has 1 atom stereocenters.